The SMILES string of the molecule is CC1(C)c2cc(-c3ccc4ccccc4c3)ccc2-c2ccc(-c3ccc4cc(-c5cc6cccc7ccc8cccc5c8c76)ccc4c3)cc21. The van der Waals surface area contributed by atoms with Crippen molar-refractivity contribution < 1.29 is 0 Å². The minimum Gasteiger partial charge on any atom is -0.0616 e. The summed E-state index contributed by atoms with van der Waals surface area (Å²) in [6.07, 6.45) is 0. The van der Waals surface area contributed by atoms with Crippen LogP contribution in [-0.4, -0.2) is 0 Å². The normalized spacial score (nSPS) is 13.5. The van der Waals surface area contributed by atoms with Gasteiger partial charge in [-0.25, -0.2) is 0 Å². The highest BCUT2D eigenvalue weighted by atomic mass is 14.4. The molecule has 10 aromatic carbocycles. The zero-order valence-electron chi connectivity index (χ0n) is 28.7. The third kappa shape index (κ3) is 4.20. The summed E-state index contributed by atoms with van der Waals surface area (Å²) in [6.45, 7) is 4.76. The van der Waals surface area contributed by atoms with Crippen LogP contribution >= 0.6 is 0 Å². The van der Waals surface area contributed by atoms with Crippen molar-refractivity contribution >= 4 is 53.9 Å². The minimum atomic E-state index is -0.0984. The van der Waals surface area contributed by atoms with Gasteiger partial charge in [0.15, 0.2) is 0 Å². The largest absolute Gasteiger partial charge is 0.0616 e. The third-order valence-electron chi connectivity index (χ3n) is 11.8. The quantitative estimate of drug-likeness (QED) is 0.168. The van der Waals surface area contributed by atoms with E-state index in [1.807, 2.05) is 0 Å². The van der Waals surface area contributed by atoms with Gasteiger partial charge in [0.1, 0.15) is 0 Å². The molecule has 51 heavy (non-hydrogen) atoms. The molecule has 0 saturated carbocycles. The van der Waals surface area contributed by atoms with E-state index < -0.39 is 0 Å². The number of fused-ring (bicyclic) bond motifs is 5. The molecule has 0 nitrogen and oxygen atoms in total. The lowest BCUT2D eigenvalue weighted by atomic mass is 9.80. The van der Waals surface area contributed by atoms with Crippen LogP contribution in [0.3, 0.4) is 0 Å². The molecule has 238 valence electrons. The molecule has 0 saturated heterocycles. The Kier molecular flexibility index (Phi) is 5.82. The maximum Gasteiger partial charge on any atom is 0.0159 e. The van der Waals surface area contributed by atoms with E-state index in [9.17, 15) is 0 Å². The van der Waals surface area contributed by atoms with E-state index >= 15 is 0 Å². The summed E-state index contributed by atoms with van der Waals surface area (Å²) in [5, 5.41) is 13.0. The van der Waals surface area contributed by atoms with Gasteiger partial charge >= 0.3 is 0 Å². The molecule has 0 aliphatic heterocycles. The maximum absolute atomic E-state index is 2.44. The first-order valence-electron chi connectivity index (χ1n) is 18.0. The molecule has 0 heterocycles. The summed E-state index contributed by atoms with van der Waals surface area (Å²) in [7, 11) is 0. The highest BCUT2D eigenvalue weighted by Crippen LogP contribution is 2.51. The molecular formula is C51H34. The van der Waals surface area contributed by atoms with Crippen molar-refractivity contribution in [2.45, 2.75) is 19.3 Å². The van der Waals surface area contributed by atoms with Gasteiger partial charge in [0, 0.05) is 5.41 Å². The Morgan fingerprint density at radius 1 is 0.294 bits per heavy atom. The van der Waals surface area contributed by atoms with Gasteiger partial charge in [-0.2, -0.15) is 0 Å². The van der Waals surface area contributed by atoms with E-state index in [-0.39, 0.29) is 5.41 Å². The summed E-state index contributed by atoms with van der Waals surface area (Å²) in [6, 6.07) is 63.8. The Hall–Kier alpha value is -6.24. The van der Waals surface area contributed by atoms with Crippen LogP contribution < -0.4 is 0 Å². The number of rotatable bonds is 3. The van der Waals surface area contributed by atoms with Crippen molar-refractivity contribution in [3.8, 4) is 44.5 Å². The fourth-order valence-electron chi connectivity index (χ4n) is 9.06. The zero-order chi connectivity index (χ0) is 33.8. The molecule has 0 fully saturated rings. The molecule has 0 unspecified atom stereocenters. The van der Waals surface area contributed by atoms with Crippen LogP contribution in [0.15, 0.2) is 170 Å². The van der Waals surface area contributed by atoms with Gasteiger partial charge in [-0.15, -0.1) is 0 Å². The molecular weight excluding hydrogens is 613 g/mol. The number of hydrogen-bond acceptors (Lipinski definition) is 0. The zero-order valence-corrected chi connectivity index (χ0v) is 28.7. The van der Waals surface area contributed by atoms with E-state index in [1.165, 1.54) is 109 Å². The molecule has 0 radical (unpaired) electrons. The molecule has 0 amide bonds. The number of hydrogen-bond donors (Lipinski definition) is 0. The van der Waals surface area contributed by atoms with Gasteiger partial charge < -0.3 is 0 Å². The smallest absolute Gasteiger partial charge is 0.0159 e. The first kappa shape index (κ1) is 28.6. The highest BCUT2D eigenvalue weighted by Gasteiger charge is 2.36. The van der Waals surface area contributed by atoms with Crippen LogP contribution in [0.5, 0.6) is 0 Å². The summed E-state index contributed by atoms with van der Waals surface area (Å²) in [4.78, 5) is 0. The number of benzene rings is 10. The Bertz CT molecular complexity index is 3050. The van der Waals surface area contributed by atoms with Gasteiger partial charge in [-0.1, -0.05) is 147 Å². The first-order chi connectivity index (χ1) is 25.0. The van der Waals surface area contributed by atoms with Gasteiger partial charge in [0.2, 0.25) is 0 Å². The monoisotopic (exact) mass is 646 g/mol. The Balaban J connectivity index is 0.962. The lowest BCUT2D eigenvalue weighted by Gasteiger charge is -2.23. The van der Waals surface area contributed by atoms with Crippen LogP contribution in [-0.2, 0) is 5.41 Å². The molecule has 0 bridgehead atoms. The van der Waals surface area contributed by atoms with E-state index in [0.717, 1.165) is 0 Å². The lowest BCUT2D eigenvalue weighted by Crippen LogP contribution is -2.15. The first-order valence-corrected chi connectivity index (χ1v) is 18.0. The molecule has 1 aliphatic carbocycles. The fourth-order valence-corrected chi connectivity index (χ4v) is 9.06. The van der Waals surface area contributed by atoms with Gasteiger partial charge in [-0.05, 0) is 146 Å². The average Bonchev–Trinajstić information content (AvgIpc) is 3.41. The summed E-state index contributed by atoms with van der Waals surface area (Å²) >= 11 is 0. The molecule has 0 spiro atoms. The van der Waals surface area contributed by atoms with Crippen molar-refractivity contribution in [1.29, 1.82) is 0 Å². The standard InChI is InChI=1S/C51H34/c1-51(2)47-29-39(36-16-13-31-7-3-4-8-34(31)25-36)21-23-43(47)44-24-22-40(30-48(44)51)37-17-18-38-27-41(20-19-35(38)26-37)46-28-42-11-5-9-32-14-15-33-10-6-12-45(46)50(33)49(32)42/h3-30H,1-2H3. The molecule has 11 rings (SSSR count). The van der Waals surface area contributed by atoms with Gasteiger partial charge in [0.25, 0.3) is 0 Å². The van der Waals surface area contributed by atoms with Gasteiger partial charge in [0.05, 0.1) is 0 Å². The van der Waals surface area contributed by atoms with Crippen LogP contribution in [0.2, 0.25) is 0 Å². The topological polar surface area (TPSA) is 0 Å². The van der Waals surface area contributed by atoms with Crippen molar-refractivity contribution in [3.63, 3.8) is 0 Å². The minimum absolute atomic E-state index is 0.0984. The van der Waals surface area contributed by atoms with Crippen molar-refractivity contribution in [2.75, 3.05) is 0 Å². The van der Waals surface area contributed by atoms with Crippen LogP contribution in [0.1, 0.15) is 25.0 Å². The molecule has 10 aromatic rings. The van der Waals surface area contributed by atoms with E-state index in [4.69, 9.17) is 0 Å². The van der Waals surface area contributed by atoms with E-state index in [1.54, 1.807) is 0 Å². The van der Waals surface area contributed by atoms with E-state index in [0.29, 0.717) is 0 Å². The van der Waals surface area contributed by atoms with Crippen LogP contribution in [0, 0.1) is 0 Å². The predicted molar refractivity (Wildman–Crippen MR) is 219 cm³/mol. The summed E-state index contributed by atoms with van der Waals surface area (Å²) in [5.41, 5.74) is 13.0. The summed E-state index contributed by atoms with van der Waals surface area (Å²) < 4.78 is 0. The fraction of sp³-hybridized carbons (Fsp3) is 0.0588. The Labute approximate surface area is 297 Å². The molecule has 1 aliphatic rings. The second kappa shape index (κ2) is 10.4. The molecule has 0 atom stereocenters. The predicted octanol–water partition coefficient (Wildman–Crippen LogP) is 14.2. The molecule has 0 aromatic heterocycles. The Morgan fingerprint density at radius 3 is 1.43 bits per heavy atom. The second-order valence-corrected chi connectivity index (χ2v) is 15.0. The molecule has 0 N–H and O–H groups in total. The molecule has 0 heteroatoms. The van der Waals surface area contributed by atoms with Gasteiger partial charge in [-0.3, -0.25) is 0 Å². The third-order valence-corrected chi connectivity index (χ3v) is 11.8. The van der Waals surface area contributed by atoms with Crippen molar-refractivity contribution in [3.05, 3.63) is 181 Å². The van der Waals surface area contributed by atoms with Crippen molar-refractivity contribution in [1.82, 2.24) is 0 Å². The van der Waals surface area contributed by atoms with Crippen LogP contribution in [0.4, 0.5) is 0 Å². The summed E-state index contributed by atoms with van der Waals surface area (Å²) in [5.74, 6) is 0. The Morgan fingerprint density at radius 2 is 0.745 bits per heavy atom. The average molecular weight is 647 g/mol. The second-order valence-electron chi connectivity index (χ2n) is 15.0. The van der Waals surface area contributed by atoms with Crippen LogP contribution in [0.25, 0.3) is 98.4 Å². The van der Waals surface area contributed by atoms with E-state index in [2.05, 4.69) is 184 Å². The highest BCUT2D eigenvalue weighted by molar-refractivity contribution is 6.26. The van der Waals surface area contributed by atoms with Crippen molar-refractivity contribution in [2.24, 2.45) is 0 Å². The lowest BCUT2D eigenvalue weighted by molar-refractivity contribution is 0.661. The maximum atomic E-state index is 2.44.